The molecule has 0 saturated heterocycles. The lowest BCUT2D eigenvalue weighted by molar-refractivity contribution is -0.250. The number of hydrogen-bond donors (Lipinski definition) is 1. The van der Waals surface area contributed by atoms with Crippen molar-refractivity contribution in [3.05, 3.63) is 24.5 Å². The van der Waals surface area contributed by atoms with E-state index in [1.54, 1.807) is 12.4 Å². The van der Waals surface area contributed by atoms with Crippen LogP contribution in [0.2, 0.25) is 0 Å². The van der Waals surface area contributed by atoms with Crippen molar-refractivity contribution in [1.29, 1.82) is 0 Å². The lowest BCUT2D eigenvalue weighted by atomic mass is 9.32. The van der Waals surface area contributed by atoms with E-state index in [9.17, 15) is 14.7 Å². The van der Waals surface area contributed by atoms with Gasteiger partial charge in [-0.2, -0.15) is 0 Å². The van der Waals surface area contributed by atoms with Gasteiger partial charge in [0.15, 0.2) is 0 Å². The Kier molecular flexibility index (Phi) is 6.64. The van der Waals surface area contributed by atoms with E-state index in [1.165, 1.54) is 23.1 Å². The minimum absolute atomic E-state index is 0.0964. The molecular formula is C34H51N3O4. The number of hydrogen-bond acceptors (Lipinski definition) is 5. The van der Waals surface area contributed by atoms with Crippen LogP contribution < -0.4 is 0 Å². The van der Waals surface area contributed by atoms with E-state index in [0.29, 0.717) is 23.7 Å². The summed E-state index contributed by atoms with van der Waals surface area (Å²) in [4.78, 5) is 25.8. The molecule has 226 valence electrons. The first-order valence-electron chi connectivity index (χ1n) is 16.1. The Hall–Kier alpha value is -2.18. The van der Waals surface area contributed by atoms with Crippen LogP contribution >= 0.6 is 0 Å². The molecule has 0 spiro atoms. The molecule has 0 radical (unpaired) electrons. The minimum Gasteiger partial charge on any atom is -0.481 e. The quantitative estimate of drug-likeness (QED) is 0.307. The molecule has 1 heterocycles. The van der Waals surface area contributed by atoms with E-state index in [-0.39, 0.29) is 46.2 Å². The van der Waals surface area contributed by atoms with E-state index in [4.69, 9.17) is 4.74 Å². The van der Waals surface area contributed by atoms with Crippen molar-refractivity contribution in [2.24, 2.45) is 56.7 Å². The largest absolute Gasteiger partial charge is 0.481 e. The van der Waals surface area contributed by atoms with Crippen LogP contribution in [0.3, 0.4) is 0 Å². The molecule has 5 fully saturated rings. The average molecular weight is 566 g/mol. The topological polar surface area (TPSA) is 94.3 Å². The highest BCUT2D eigenvalue weighted by Crippen LogP contribution is 2.77. The first-order chi connectivity index (χ1) is 19.2. The highest BCUT2D eigenvalue weighted by atomic mass is 16.5. The first kappa shape index (κ1) is 28.9. The Morgan fingerprint density at radius 1 is 0.951 bits per heavy atom. The van der Waals surface area contributed by atoms with Gasteiger partial charge in [-0.15, -0.1) is 5.10 Å². The van der Waals surface area contributed by atoms with Crippen molar-refractivity contribution >= 4 is 11.9 Å². The molecule has 0 unspecified atom stereocenters. The zero-order valence-electron chi connectivity index (χ0n) is 26.1. The van der Waals surface area contributed by atoms with Crippen LogP contribution in [-0.2, 0) is 20.9 Å². The number of aliphatic carboxylic acids is 1. The molecule has 0 aliphatic heterocycles. The molecule has 0 aromatic carbocycles. The summed E-state index contributed by atoms with van der Waals surface area (Å²) in [5.41, 5.74) is 0.949. The number of carbonyl (C=O) groups is 2. The lowest BCUT2D eigenvalue weighted by Crippen LogP contribution is -2.67. The van der Waals surface area contributed by atoms with Crippen LogP contribution in [0.1, 0.15) is 106 Å². The number of fused-ring (bicyclic) bond motifs is 7. The summed E-state index contributed by atoms with van der Waals surface area (Å²) in [6.07, 6.45) is 13.3. The second-order valence-corrected chi connectivity index (χ2v) is 16.1. The van der Waals surface area contributed by atoms with Crippen LogP contribution in [0.5, 0.6) is 0 Å². The molecule has 1 aromatic rings. The summed E-state index contributed by atoms with van der Waals surface area (Å²) in [5, 5.41) is 18.3. The number of esters is 1. The molecule has 5 saturated carbocycles. The number of rotatable bonds is 5. The summed E-state index contributed by atoms with van der Waals surface area (Å²) in [5.74, 6) is 1.22. The van der Waals surface area contributed by atoms with E-state index in [2.05, 4.69) is 58.4 Å². The maximum atomic E-state index is 12.9. The molecule has 5 aliphatic rings. The van der Waals surface area contributed by atoms with E-state index in [0.717, 1.165) is 51.4 Å². The van der Waals surface area contributed by atoms with Gasteiger partial charge in [-0.05, 0) is 117 Å². The fourth-order valence-corrected chi connectivity index (χ4v) is 12.3. The van der Waals surface area contributed by atoms with Crippen molar-refractivity contribution in [3.63, 3.8) is 0 Å². The number of ether oxygens (including phenoxy) is 1. The summed E-state index contributed by atoms with van der Waals surface area (Å²) >= 11 is 0. The maximum absolute atomic E-state index is 12.9. The fraction of sp³-hybridized carbons (Fsp3) is 0.824. The number of nitrogens with zero attached hydrogens (tertiary/aromatic N) is 3. The molecule has 0 amide bonds. The van der Waals surface area contributed by atoms with Crippen LogP contribution in [0, 0.1) is 56.7 Å². The standard InChI is InChI=1S/C34H51N3O4/c1-21(2)22-10-15-34(29(39)40)17-16-32(6)23(28(22)34)8-9-25-31(5)13-12-26(41-27(38)20-37-19-18-35-36-37)30(3,4)24(31)11-14-33(25,32)7/h18-19,22-26,28H,1,8-17,20H2,2-7H3,(H,39,40)/t22-,23+,24-,25+,26-,28+,31-,32+,33+,34-/m0/s1. The fourth-order valence-electron chi connectivity index (χ4n) is 12.3. The number of carboxylic acid groups (broad SMARTS) is 1. The Labute approximate surface area is 245 Å². The zero-order valence-corrected chi connectivity index (χ0v) is 26.1. The third kappa shape index (κ3) is 3.88. The third-order valence-corrected chi connectivity index (χ3v) is 14.5. The van der Waals surface area contributed by atoms with Gasteiger partial charge < -0.3 is 9.84 Å². The normalized spacial score (nSPS) is 46.4. The SMILES string of the molecule is C=C(C)[C@@H]1CC[C@]2(C(=O)O)CC[C@]3(C)[C@H](CC[C@@H]4[C@@]5(C)CC[C@H](OC(=O)Cn6ccnn6)C(C)(C)[C@@H]5CC[C@]43C)[C@@H]12. The zero-order chi connectivity index (χ0) is 29.6. The smallest absolute Gasteiger partial charge is 0.328 e. The van der Waals surface area contributed by atoms with Crippen LogP contribution in [0.4, 0.5) is 0 Å². The van der Waals surface area contributed by atoms with E-state index < -0.39 is 11.4 Å². The number of allylic oxidation sites excluding steroid dienone is 1. The predicted octanol–water partition coefficient (Wildman–Crippen LogP) is 6.93. The third-order valence-electron chi connectivity index (χ3n) is 14.5. The number of carboxylic acids is 1. The van der Waals surface area contributed by atoms with Crippen LogP contribution in [0.15, 0.2) is 24.5 Å². The summed E-state index contributed by atoms with van der Waals surface area (Å²) in [6.45, 7) is 18.9. The lowest BCUT2D eigenvalue weighted by Gasteiger charge is -2.72. The molecule has 5 aliphatic carbocycles. The molecule has 1 N–H and O–H groups in total. The molecule has 7 heteroatoms. The van der Waals surface area contributed by atoms with Gasteiger partial charge >= 0.3 is 11.9 Å². The van der Waals surface area contributed by atoms with Gasteiger partial charge in [0, 0.05) is 11.6 Å². The second kappa shape index (κ2) is 9.41. The van der Waals surface area contributed by atoms with Gasteiger partial charge in [0.25, 0.3) is 0 Å². The van der Waals surface area contributed by atoms with Crippen LogP contribution in [-0.4, -0.2) is 38.1 Å². The molecule has 0 bridgehead atoms. The maximum Gasteiger partial charge on any atom is 0.328 e. The summed E-state index contributed by atoms with van der Waals surface area (Å²) in [7, 11) is 0. The first-order valence-corrected chi connectivity index (χ1v) is 16.1. The van der Waals surface area contributed by atoms with Crippen molar-refractivity contribution in [3.8, 4) is 0 Å². The number of carbonyl (C=O) groups excluding carboxylic acids is 1. The highest BCUT2D eigenvalue weighted by Gasteiger charge is 2.72. The van der Waals surface area contributed by atoms with Gasteiger partial charge in [0.1, 0.15) is 12.6 Å². The van der Waals surface area contributed by atoms with Crippen molar-refractivity contribution < 1.29 is 19.4 Å². The monoisotopic (exact) mass is 565 g/mol. The Balaban J connectivity index is 1.28. The van der Waals surface area contributed by atoms with Crippen molar-refractivity contribution in [2.45, 2.75) is 118 Å². The molecule has 1 aromatic heterocycles. The van der Waals surface area contributed by atoms with E-state index >= 15 is 0 Å². The predicted molar refractivity (Wildman–Crippen MR) is 157 cm³/mol. The molecular weight excluding hydrogens is 514 g/mol. The van der Waals surface area contributed by atoms with E-state index in [1.807, 2.05) is 0 Å². The molecule has 10 atom stereocenters. The van der Waals surface area contributed by atoms with Gasteiger partial charge in [-0.25, -0.2) is 4.68 Å². The average Bonchev–Trinajstić information content (AvgIpc) is 3.55. The Morgan fingerprint density at radius 2 is 1.71 bits per heavy atom. The minimum atomic E-state index is -0.575. The van der Waals surface area contributed by atoms with Gasteiger partial charge in [-0.3, -0.25) is 9.59 Å². The number of aromatic nitrogens is 3. The van der Waals surface area contributed by atoms with Gasteiger partial charge in [0.05, 0.1) is 11.6 Å². The second-order valence-electron chi connectivity index (χ2n) is 16.1. The summed E-state index contributed by atoms with van der Waals surface area (Å²) in [6, 6.07) is 0. The van der Waals surface area contributed by atoms with Crippen molar-refractivity contribution in [1.82, 2.24) is 15.0 Å². The highest BCUT2D eigenvalue weighted by molar-refractivity contribution is 5.76. The molecule has 41 heavy (non-hydrogen) atoms. The van der Waals surface area contributed by atoms with Gasteiger partial charge in [-0.1, -0.05) is 52.0 Å². The van der Waals surface area contributed by atoms with Crippen molar-refractivity contribution in [2.75, 3.05) is 0 Å². The molecule has 6 rings (SSSR count). The Morgan fingerprint density at radius 3 is 2.37 bits per heavy atom. The molecule has 7 nitrogen and oxygen atoms in total. The summed E-state index contributed by atoms with van der Waals surface area (Å²) < 4.78 is 7.69. The van der Waals surface area contributed by atoms with Crippen LogP contribution in [0.25, 0.3) is 0 Å². The van der Waals surface area contributed by atoms with Gasteiger partial charge in [0.2, 0.25) is 0 Å². The Bertz CT molecular complexity index is 1230.